The van der Waals surface area contributed by atoms with Crippen LogP contribution < -0.4 is 5.32 Å². The van der Waals surface area contributed by atoms with Crippen LogP contribution in [-0.4, -0.2) is 19.3 Å². The van der Waals surface area contributed by atoms with Crippen molar-refractivity contribution < 1.29 is 9.15 Å². The van der Waals surface area contributed by atoms with Gasteiger partial charge >= 0.3 is 0 Å². The third kappa shape index (κ3) is 4.13. The van der Waals surface area contributed by atoms with E-state index in [1.807, 2.05) is 13.0 Å². The zero-order valence-electron chi connectivity index (χ0n) is 8.55. The van der Waals surface area contributed by atoms with Crippen molar-refractivity contribution in [3.05, 3.63) is 23.1 Å². The van der Waals surface area contributed by atoms with Gasteiger partial charge in [0.15, 0.2) is 5.22 Å². The summed E-state index contributed by atoms with van der Waals surface area (Å²) in [5.74, 6) is 0.846. The van der Waals surface area contributed by atoms with E-state index < -0.39 is 0 Å². The average Bonchev–Trinajstić information content (AvgIpc) is 2.58. The fourth-order valence-electron chi connectivity index (χ4n) is 1.08. The Kier molecular flexibility index (Phi) is 5.01. The topological polar surface area (TPSA) is 34.4 Å². The van der Waals surface area contributed by atoms with Gasteiger partial charge in [-0.25, -0.2) is 0 Å². The van der Waals surface area contributed by atoms with Gasteiger partial charge in [-0.3, -0.25) is 0 Å². The van der Waals surface area contributed by atoms with Gasteiger partial charge in [0.1, 0.15) is 5.76 Å². The Bertz CT molecular complexity index is 262. The van der Waals surface area contributed by atoms with Crippen molar-refractivity contribution in [2.24, 2.45) is 0 Å². The maximum Gasteiger partial charge on any atom is 0.193 e. The van der Waals surface area contributed by atoms with Crippen LogP contribution in [0.15, 0.2) is 16.5 Å². The molecule has 1 N–H and O–H groups in total. The molecule has 0 aliphatic heterocycles. The van der Waals surface area contributed by atoms with Gasteiger partial charge in [0.2, 0.25) is 0 Å². The highest BCUT2D eigenvalue weighted by Gasteiger charge is 2.03. The molecule has 1 heterocycles. The lowest BCUT2D eigenvalue weighted by molar-refractivity contribution is 0.126. The standard InChI is InChI=1S/C10H16ClNO2/c1-3-13-7-8(2)12-6-9-4-5-10(11)14-9/h4-5,8,12H,3,6-7H2,1-2H3. The third-order valence-electron chi connectivity index (χ3n) is 1.83. The molecule has 14 heavy (non-hydrogen) atoms. The molecule has 1 atom stereocenters. The van der Waals surface area contributed by atoms with Crippen LogP contribution in [0.25, 0.3) is 0 Å². The van der Waals surface area contributed by atoms with Gasteiger partial charge in [-0.05, 0) is 37.6 Å². The molecular formula is C10H16ClNO2. The Morgan fingerprint density at radius 1 is 1.57 bits per heavy atom. The summed E-state index contributed by atoms with van der Waals surface area (Å²) >= 11 is 5.64. The number of furan rings is 1. The Balaban J connectivity index is 2.20. The zero-order chi connectivity index (χ0) is 10.4. The van der Waals surface area contributed by atoms with Crippen LogP contribution in [0.1, 0.15) is 19.6 Å². The normalized spacial score (nSPS) is 13.1. The first-order chi connectivity index (χ1) is 6.72. The molecule has 0 bridgehead atoms. The van der Waals surface area contributed by atoms with Crippen molar-refractivity contribution in [1.29, 1.82) is 0 Å². The molecule has 0 aliphatic carbocycles. The summed E-state index contributed by atoms with van der Waals surface area (Å²) in [7, 11) is 0. The molecule has 0 fully saturated rings. The number of hydrogen-bond donors (Lipinski definition) is 1. The van der Waals surface area contributed by atoms with Gasteiger partial charge in [0.25, 0.3) is 0 Å². The highest BCUT2D eigenvalue weighted by atomic mass is 35.5. The van der Waals surface area contributed by atoms with E-state index in [0.717, 1.165) is 12.4 Å². The van der Waals surface area contributed by atoms with E-state index in [1.165, 1.54) is 0 Å². The minimum atomic E-state index is 0.318. The highest BCUT2D eigenvalue weighted by molar-refractivity contribution is 6.28. The molecule has 1 aromatic rings. The Morgan fingerprint density at radius 2 is 2.36 bits per heavy atom. The molecule has 0 saturated heterocycles. The molecule has 3 nitrogen and oxygen atoms in total. The van der Waals surface area contributed by atoms with Crippen LogP contribution in [0.5, 0.6) is 0 Å². The largest absolute Gasteiger partial charge is 0.448 e. The number of nitrogens with one attached hydrogen (secondary N) is 1. The zero-order valence-corrected chi connectivity index (χ0v) is 9.30. The van der Waals surface area contributed by atoms with Gasteiger partial charge in [0.05, 0.1) is 13.2 Å². The molecular weight excluding hydrogens is 202 g/mol. The Morgan fingerprint density at radius 3 is 2.93 bits per heavy atom. The smallest absolute Gasteiger partial charge is 0.193 e. The van der Waals surface area contributed by atoms with E-state index in [9.17, 15) is 0 Å². The maximum atomic E-state index is 5.64. The summed E-state index contributed by atoms with van der Waals surface area (Å²) in [5.41, 5.74) is 0. The van der Waals surface area contributed by atoms with E-state index >= 15 is 0 Å². The van der Waals surface area contributed by atoms with Crippen molar-refractivity contribution in [2.75, 3.05) is 13.2 Å². The first-order valence-corrected chi connectivity index (χ1v) is 5.15. The van der Waals surface area contributed by atoms with Crippen molar-refractivity contribution in [3.63, 3.8) is 0 Å². The molecule has 0 aromatic carbocycles. The average molecular weight is 218 g/mol. The summed E-state index contributed by atoms with van der Waals surface area (Å²) in [5, 5.41) is 3.70. The second-order valence-electron chi connectivity index (χ2n) is 3.15. The lowest BCUT2D eigenvalue weighted by Gasteiger charge is -2.11. The fraction of sp³-hybridized carbons (Fsp3) is 0.600. The second kappa shape index (κ2) is 6.06. The first kappa shape index (κ1) is 11.6. The molecule has 80 valence electrons. The van der Waals surface area contributed by atoms with Crippen LogP contribution in [0, 0.1) is 0 Å². The van der Waals surface area contributed by atoms with E-state index in [0.29, 0.717) is 24.4 Å². The maximum absolute atomic E-state index is 5.64. The Hall–Kier alpha value is -0.510. The monoisotopic (exact) mass is 217 g/mol. The van der Waals surface area contributed by atoms with Crippen LogP contribution in [-0.2, 0) is 11.3 Å². The van der Waals surface area contributed by atoms with Crippen molar-refractivity contribution in [1.82, 2.24) is 5.32 Å². The summed E-state index contributed by atoms with van der Waals surface area (Å²) in [6, 6.07) is 3.92. The van der Waals surface area contributed by atoms with E-state index in [1.54, 1.807) is 6.07 Å². The van der Waals surface area contributed by atoms with Gasteiger partial charge < -0.3 is 14.5 Å². The molecule has 0 radical (unpaired) electrons. The van der Waals surface area contributed by atoms with Gasteiger partial charge in [-0.1, -0.05) is 0 Å². The summed E-state index contributed by atoms with van der Waals surface area (Å²) in [6.07, 6.45) is 0. The third-order valence-corrected chi connectivity index (χ3v) is 2.03. The van der Waals surface area contributed by atoms with Gasteiger partial charge in [-0.2, -0.15) is 0 Å². The number of ether oxygens (including phenoxy) is 1. The molecule has 0 saturated carbocycles. The van der Waals surface area contributed by atoms with Crippen molar-refractivity contribution in [3.8, 4) is 0 Å². The van der Waals surface area contributed by atoms with Gasteiger partial charge in [0, 0.05) is 12.6 Å². The predicted molar refractivity (Wildman–Crippen MR) is 56.5 cm³/mol. The molecule has 1 rings (SSSR count). The van der Waals surface area contributed by atoms with Crippen LogP contribution in [0.4, 0.5) is 0 Å². The SMILES string of the molecule is CCOCC(C)NCc1ccc(Cl)o1. The molecule has 0 spiro atoms. The molecule has 1 unspecified atom stereocenters. The summed E-state index contributed by atoms with van der Waals surface area (Å²) in [6.45, 7) is 6.20. The number of halogens is 1. The minimum Gasteiger partial charge on any atom is -0.448 e. The highest BCUT2D eigenvalue weighted by Crippen LogP contribution is 2.12. The molecule has 1 aromatic heterocycles. The lowest BCUT2D eigenvalue weighted by Crippen LogP contribution is -2.29. The van der Waals surface area contributed by atoms with Gasteiger partial charge in [-0.15, -0.1) is 0 Å². The second-order valence-corrected chi connectivity index (χ2v) is 3.52. The quantitative estimate of drug-likeness (QED) is 0.795. The summed E-state index contributed by atoms with van der Waals surface area (Å²) in [4.78, 5) is 0. The van der Waals surface area contributed by atoms with E-state index in [-0.39, 0.29) is 0 Å². The lowest BCUT2D eigenvalue weighted by atomic mass is 10.3. The minimum absolute atomic E-state index is 0.318. The van der Waals surface area contributed by atoms with E-state index in [4.69, 9.17) is 20.8 Å². The fourth-order valence-corrected chi connectivity index (χ4v) is 1.24. The molecule has 0 amide bonds. The molecule has 0 aliphatic rings. The van der Waals surface area contributed by atoms with E-state index in [2.05, 4.69) is 12.2 Å². The number of rotatable bonds is 6. The van der Waals surface area contributed by atoms with Crippen LogP contribution in [0.3, 0.4) is 0 Å². The predicted octanol–water partition coefficient (Wildman–Crippen LogP) is 2.45. The number of hydrogen-bond acceptors (Lipinski definition) is 3. The van der Waals surface area contributed by atoms with Crippen molar-refractivity contribution in [2.45, 2.75) is 26.4 Å². The summed E-state index contributed by atoms with van der Waals surface area (Å²) < 4.78 is 10.5. The van der Waals surface area contributed by atoms with Crippen LogP contribution in [0.2, 0.25) is 5.22 Å². The first-order valence-electron chi connectivity index (χ1n) is 4.77. The molecule has 4 heteroatoms. The Labute approximate surface area is 89.4 Å². The van der Waals surface area contributed by atoms with Crippen molar-refractivity contribution >= 4 is 11.6 Å². The van der Waals surface area contributed by atoms with Crippen LogP contribution >= 0.6 is 11.6 Å².